The summed E-state index contributed by atoms with van der Waals surface area (Å²) in [5.74, 6) is -0.217. The highest BCUT2D eigenvalue weighted by molar-refractivity contribution is 5.84. The summed E-state index contributed by atoms with van der Waals surface area (Å²) in [6, 6.07) is 9.97. The van der Waals surface area contributed by atoms with Crippen molar-refractivity contribution >= 4 is 5.91 Å². The molecule has 0 spiro atoms. The molecule has 1 amide bonds. The van der Waals surface area contributed by atoms with Crippen LogP contribution in [0, 0.1) is 10.8 Å². The molecule has 3 nitrogen and oxygen atoms in total. The number of hydrogen-bond donors (Lipinski definition) is 2. The van der Waals surface area contributed by atoms with Crippen LogP contribution in [0.2, 0.25) is 0 Å². The van der Waals surface area contributed by atoms with Crippen molar-refractivity contribution in [1.82, 2.24) is 5.32 Å². The zero-order chi connectivity index (χ0) is 14.3. The highest BCUT2D eigenvalue weighted by atomic mass is 16.2. The van der Waals surface area contributed by atoms with Crippen LogP contribution in [0.25, 0.3) is 0 Å². The van der Waals surface area contributed by atoms with Crippen LogP contribution in [0.15, 0.2) is 30.3 Å². The second-order valence-electron chi connectivity index (χ2n) is 6.58. The minimum atomic E-state index is -0.256. The normalized spacial score (nSPS) is 21.7. The maximum absolute atomic E-state index is 12.4. The largest absolute Gasteiger partial charge is 0.352 e. The molecule has 19 heavy (non-hydrogen) atoms. The van der Waals surface area contributed by atoms with Crippen LogP contribution in [0.5, 0.6) is 0 Å². The molecule has 1 aliphatic carbocycles. The van der Waals surface area contributed by atoms with E-state index in [9.17, 15) is 4.79 Å². The lowest BCUT2D eigenvalue weighted by molar-refractivity contribution is -0.122. The molecule has 3 heteroatoms. The standard InChI is InChI=1S/C16H24N2O/c1-15(2)14(16(15,3)4)18-13(19)12(10-17)11-8-6-5-7-9-11/h5-9,12,14H,10,17H2,1-4H3,(H,18,19). The average molecular weight is 260 g/mol. The molecular formula is C16H24N2O. The van der Waals surface area contributed by atoms with Crippen molar-refractivity contribution in [3.63, 3.8) is 0 Å². The number of carbonyl (C=O) groups is 1. The third-order valence-electron chi connectivity index (χ3n) is 5.06. The summed E-state index contributed by atoms with van der Waals surface area (Å²) in [4.78, 5) is 12.4. The third-order valence-corrected chi connectivity index (χ3v) is 5.06. The molecule has 0 heterocycles. The summed E-state index contributed by atoms with van der Waals surface area (Å²) < 4.78 is 0. The van der Waals surface area contributed by atoms with E-state index in [0.29, 0.717) is 6.54 Å². The van der Waals surface area contributed by atoms with Crippen LogP contribution in [0.4, 0.5) is 0 Å². The lowest BCUT2D eigenvalue weighted by atomic mass is 9.98. The Morgan fingerprint density at radius 2 is 1.74 bits per heavy atom. The molecule has 0 bridgehead atoms. The number of amides is 1. The smallest absolute Gasteiger partial charge is 0.229 e. The Labute approximate surface area is 115 Å². The highest BCUT2D eigenvalue weighted by Crippen LogP contribution is 2.62. The Morgan fingerprint density at radius 3 is 2.16 bits per heavy atom. The molecule has 1 aromatic carbocycles. The third kappa shape index (κ3) is 2.27. The number of hydrogen-bond acceptors (Lipinski definition) is 2. The van der Waals surface area contributed by atoms with Crippen molar-refractivity contribution in [1.29, 1.82) is 0 Å². The predicted molar refractivity (Wildman–Crippen MR) is 77.7 cm³/mol. The molecule has 3 N–H and O–H groups in total. The maximum Gasteiger partial charge on any atom is 0.229 e. The number of nitrogens with one attached hydrogen (secondary N) is 1. The summed E-state index contributed by atoms with van der Waals surface area (Å²) in [6.45, 7) is 9.11. The van der Waals surface area contributed by atoms with Gasteiger partial charge in [-0.2, -0.15) is 0 Å². The van der Waals surface area contributed by atoms with Gasteiger partial charge >= 0.3 is 0 Å². The Hall–Kier alpha value is -1.35. The van der Waals surface area contributed by atoms with Gasteiger partial charge in [-0.15, -0.1) is 0 Å². The van der Waals surface area contributed by atoms with Gasteiger partial charge in [0.25, 0.3) is 0 Å². The summed E-state index contributed by atoms with van der Waals surface area (Å²) in [7, 11) is 0. The molecule has 0 saturated heterocycles. The van der Waals surface area contributed by atoms with Gasteiger partial charge in [-0.05, 0) is 16.4 Å². The van der Waals surface area contributed by atoms with E-state index in [4.69, 9.17) is 5.73 Å². The van der Waals surface area contributed by atoms with E-state index in [1.165, 1.54) is 0 Å². The van der Waals surface area contributed by atoms with Crippen LogP contribution in [-0.4, -0.2) is 18.5 Å². The quantitative estimate of drug-likeness (QED) is 0.872. The van der Waals surface area contributed by atoms with Crippen molar-refractivity contribution in [2.45, 2.75) is 39.7 Å². The fourth-order valence-corrected chi connectivity index (χ4v) is 2.88. The molecule has 104 valence electrons. The zero-order valence-corrected chi connectivity index (χ0v) is 12.2. The fourth-order valence-electron chi connectivity index (χ4n) is 2.88. The second kappa shape index (κ2) is 4.64. The van der Waals surface area contributed by atoms with Crippen LogP contribution >= 0.6 is 0 Å². The Bertz CT molecular complexity index is 451. The Balaban J connectivity index is 2.08. The molecule has 1 fully saturated rings. The van der Waals surface area contributed by atoms with Crippen molar-refractivity contribution in [2.75, 3.05) is 6.54 Å². The van der Waals surface area contributed by atoms with Crippen molar-refractivity contribution in [3.05, 3.63) is 35.9 Å². The molecule has 1 unspecified atom stereocenters. The van der Waals surface area contributed by atoms with E-state index in [1.54, 1.807) is 0 Å². The van der Waals surface area contributed by atoms with Crippen molar-refractivity contribution in [3.8, 4) is 0 Å². The first kappa shape index (κ1) is 14.1. The minimum absolute atomic E-state index is 0.0392. The summed E-state index contributed by atoms with van der Waals surface area (Å²) in [6.07, 6.45) is 0. The van der Waals surface area contributed by atoms with Gasteiger partial charge in [0.05, 0.1) is 5.92 Å². The first-order valence-electron chi connectivity index (χ1n) is 6.87. The molecule has 0 aromatic heterocycles. The molecule has 2 rings (SSSR count). The fraction of sp³-hybridized carbons (Fsp3) is 0.562. The minimum Gasteiger partial charge on any atom is -0.352 e. The van der Waals surface area contributed by atoms with Crippen LogP contribution in [0.1, 0.15) is 39.2 Å². The maximum atomic E-state index is 12.4. The van der Waals surface area contributed by atoms with Crippen LogP contribution in [0.3, 0.4) is 0 Å². The number of benzene rings is 1. The lowest BCUT2D eigenvalue weighted by Crippen LogP contribution is -2.37. The Morgan fingerprint density at radius 1 is 1.21 bits per heavy atom. The lowest BCUT2D eigenvalue weighted by Gasteiger charge is -2.16. The van der Waals surface area contributed by atoms with E-state index in [1.807, 2.05) is 30.3 Å². The predicted octanol–water partition coefficient (Wildman–Crippen LogP) is 2.28. The summed E-state index contributed by atoms with van der Waals surface area (Å²) >= 11 is 0. The first-order valence-corrected chi connectivity index (χ1v) is 6.87. The topological polar surface area (TPSA) is 55.1 Å². The number of nitrogens with two attached hydrogens (primary N) is 1. The first-order chi connectivity index (χ1) is 8.82. The van der Waals surface area contributed by atoms with E-state index < -0.39 is 0 Å². The Kier molecular flexibility index (Phi) is 3.43. The zero-order valence-electron chi connectivity index (χ0n) is 12.2. The molecule has 1 atom stereocenters. The van der Waals surface area contributed by atoms with Crippen LogP contribution in [-0.2, 0) is 4.79 Å². The monoisotopic (exact) mass is 260 g/mol. The molecule has 0 aliphatic heterocycles. The van der Waals surface area contributed by atoms with Gasteiger partial charge in [-0.3, -0.25) is 4.79 Å². The van der Waals surface area contributed by atoms with E-state index in [-0.39, 0.29) is 28.7 Å². The summed E-state index contributed by atoms with van der Waals surface area (Å²) in [5, 5.41) is 3.16. The van der Waals surface area contributed by atoms with Gasteiger partial charge < -0.3 is 11.1 Å². The molecular weight excluding hydrogens is 236 g/mol. The van der Waals surface area contributed by atoms with Crippen LogP contribution < -0.4 is 11.1 Å². The molecule has 1 aromatic rings. The summed E-state index contributed by atoms with van der Waals surface area (Å²) in [5.41, 5.74) is 7.06. The second-order valence-corrected chi connectivity index (χ2v) is 6.58. The molecule has 0 radical (unpaired) electrons. The van der Waals surface area contributed by atoms with E-state index in [2.05, 4.69) is 33.0 Å². The van der Waals surface area contributed by atoms with E-state index in [0.717, 1.165) is 5.56 Å². The van der Waals surface area contributed by atoms with Gasteiger partial charge in [0.15, 0.2) is 0 Å². The van der Waals surface area contributed by atoms with Crippen molar-refractivity contribution in [2.24, 2.45) is 16.6 Å². The van der Waals surface area contributed by atoms with Gasteiger partial charge in [-0.1, -0.05) is 58.0 Å². The van der Waals surface area contributed by atoms with E-state index >= 15 is 0 Å². The number of rotatable bonds is 4. The SMILES string of the molecule is CC1(C)C(NC(=O)C(CN)c2ccccc2)C1(C)C. The van der Waals surface area contributed by atoms with Crippen molar-refractivity contribution < 1.29 is 4.79 Å². The van der Waals surface area contributed by atoms with Gasteiger partial charge in [0, 0.05) is 12.6 Å². The highest BCUT2D eigenvalue weighted by Gasteiger charge is 2.65. The molecule has 1 aliphatic rings. The van der Waals surface area contributed by atoms with Gasteiger partial charge in [0.2, 0.25) is 5.91 Å². The molecule has 1 saturated carbocycles. The average Bonchev–Trinajstić information content (AvgIpc) is 2.74. The number of carbonyl (C=O) groups excluding carboxylic acids is 1. The van der Waals surface area contributed by atoms with Gasteiger partial charge in [0.1, 0.15) is 0 Å². The van der Waals surface area contributed by atoms with Gasteiger partial charge in [-0.25, -0.2) is 0 Å².